The molecule has 0 aliphatic heterocycles. The minimum Gasteiger partial charge on any atom is -0.496 e. The average molecular weight is 138 g/mol. The summed E-state index contributed by atoms with van der Waals surface area (Å²) in [4.78, 5) is 0. The smallest absolute Gasteiger partial charge is 0.123 e. The van der Waals surface area contributed by atoms with Crippen molar-refractivity contribution in [1.29, 1.82) is 0 Å². The minimum absolute atomic E-state index is 0.322. The second kappa shape index (κ2) is 2.69. The molecule has 0 saturated heterocycles. The molecule has 1 nitrogen and oxygen atoms in total. The van der Waals surface area contributed by atoms with Gasteiger partial charge in [0.1, 0.15) is 11.6 Å². The van der Waals surface area contributed by atoms with Gasteiger partial charge in [0.15, 0.2) is 0 Å². The van der Waals surface area contributed by atoms with Gasteiger partial charge in [0, 0.05) is 12.5 Å². The molecule has 0 bridgehead atoms. The summed E-state index contributed by atoms with van der Waals surface area (Å²) in [7, 11) is 1.49. The van der Waals surface area contributed by atoms with E-state index in [0.29, 0.717) is 11.3 Å². The van der Waals surface area contributed by atoms with Gasteiger partial charge in [0.2, 0.25) is 0 Å². The van der Waals surface area contributed by atoms with E-state index in [0.717, 1.165) is 0 Å². The summed E-state index contributed by atoms with van der Waals surface area (Å²) in [5.41, 5.74) is 0.322. The van der Waals surface area contributed by atoms with E-state index in [1.165, 1.54) is 25.3 Å². The maximum Gasteiger partial charge on any atom is 0.123 e. The Balaban J connectivity index is 3.07. The van der Waals surface area contributed by atoms with Crippen molar-refractivity contribution in [3.05, 3.63) is 36.5 Å². The maximum atomic E-state index is 12.3. The quantitative estimate of drug-likeness (QED) is 0.575. The molecule has 10 heavy (non-hydrogen) atoms. The third-order valence-corrected chi connectivity index (χ3v) is 1.19. The summed E-state index contributed by atoms with van der Waals surface area (Å²) < 4.78 is 17.2. The summed E-state index contributed by atoms with van der Waals surface area (Å²) in [6.07, 6.45) is 0. The standard InChI is InChI=1S/C8H7FO/c1-6-5-7(9)3-4-8(6)10-2/h1,3-5H,2H3. The van der Waals surface area contributed by atoms with Gasteiger partial charge in [0.05, 0.1) is 7.11 Å². The molecule has 0 saturated carbocycles. The van der Waals surface area contributed by atoms with Crippen molar-refractivity contribution in [3.63, 3.8) is 0 Å². The Kier molecular flexibility index (Phi) is 1.90. The van der Waals surface area contributed by atoms with Crippen LogP contribution in [0.4, 0.5) is 4.39 Å². The first-order chi connectivity index (χ1) is 4.74. The first-order valence-electron chi connectivity index (χ1n) is 2.83. The summed E-state index contributed by atoms with van der Waals surface area (Å²) in [6, 6.07) is 4.01. The molecule has 0 spiro atoms. The molecule has 0 aliphatic carbocycles. The number of methoxy groups -OCH3 is 1. The van der Waals surface area contributed by atoms with Crippen LogP contribution in [0.25, 0.3) is 0 Å². The van der Waals surface area contributed by atoms with Gasteiger partial charge in [-0.3, -0.25) is 0 Å². The van der Waals surface area contributed by atoms with E-state index in [9.17, 15) is 4.39 Å². The highest BCUT2D eigenvalue weighted by molar-refractivity contribution is 5.35. The van der Waals surface area contributed by atoms with E-state index in [4.69, 9.17) is 11.7 Å². The molecule has 1 rings (SSSR count). The molecule has 0 amide bonds. The summed E-state index contributed by atoms with van der Waals surface area (Å²) in [5, 5.41) is 0. The molecular weight excluding hydrogens is 131 g/mol. The van der Waals surface area contributed by atoms with E-state index < -0.39 is 0 Å². The van der Waals surface area contributed by atoms with Crippen LogP contribution in [0.2, 0.25) is 0 Å². The van der Waals surface area contributed by atoms with Crippen LogP contribution in [-0.2, 0) is 0 Å². The molecule has 0 heterocycles. The zero-order valence-electron chi connectivity index (χ0n) is 5.60. The van der Waals surface area contributed by atoms with Crippen LogP contribution in [0.15, 0.2) is 18.2 Å². The average Bonchev–Trinajstić information content (AvgIpc) is 1.88. The zero-order valence-corrected chi connectivity index (χ0v) is 5.60. The van der Waals surface area contributed by atoms with Gasteiger partial charge in [0.25, 0.3) is 0 Å². The Labute approximate surface area is 59.4 Å². The molecule has 0 fully saturated rings. The van der Waals surface area contributed by atoms with Gasteiger partial charge in [-0.15, -0.1) is 0 Å². The van der Waals surface area contributed by atoms with Crippen LogP contribution in [0.5, 0.6) is 5.75 Å². The van der Waals surface area contributed by atoms with Crippen molar-refractivity contribution in [3.8, 4) is 5.75 Å². The van der Waals surface area contributed by atoms with Gasteiger partial charge in [-0.25, -0.2) is 4.39 Å². The molecule has 2 radical (unpaired) electrons. The molecule has 0 aliphatic rings. The normalized spacial score (nSPS) is 9.50. The third-order valence-electron chi connectivity index (χ3n) is 1.19. The number of rotatable bonds is 1. The fourth-order valence-electron chi connectivity index (χ4n) is 0.705. The van der Waals surface area contributed by atoms with Gasteiger partial charge in [-0.1, -0.05) is 0 Å². The van der Waals surface area contributed by atoms with Crippen molar-refractivity contribution < 1.29 is 9.13 Å². The molecule has 0 atom stereocenters. The molecular formula is C8H7FO. The number of ether oxygens (including phenoxy) is 1. The van der Waals surface area contributed by atoms with Gasteiger partial charge in [-0.2, -0.15) is 0 Å². The molecule has 0 N–H and O–H groups in total. The highest BCUT2D eigenvalue weighted by atomic mass is 19.1. The van der Waals surface area contributed by atoms with Crippen molar-refractivity contribution in [2.75, 3.05) is 7.11 Å². The van der Waals surface area contributed by atoms with Gasteiger partial charge < -0.3 is 4.74 Å². The number of hydrogen-bond donors (Lipinski definition) is 0. The van der Waals surface area contributed by atoms with Crippen molar-refractivity contribution >= 4 is 0 Å². The van der Waals surface area contributed by atoms with Gasteiger partial charge in [-0.05, 0) is 18.2 Å². The Morgan fingerprint density at radius 3 is 2.70 bits per heavy atom. The monoisotopic (exact) mass is 138 g/mol. The van der Waals surface area contributed by atoms with Crippen molar-refractivity contribution in [1.82, 2.24) is 0 Å². The predicted molar refractivity (Wildman–Crippen MR) is 36.4 cm³/mol. The first-order valence-corrected chi connectivity index (χ1v) is 2.83. The van der Waals surface area contributed by atoms with Crippen LogP contribution in [0.3, 0.4) is 0 Å². The second-order valence-corrected chi connectivity index (χ2v) is 1.89. The maximum absolute atomic E-state index is 12.3. The highest BCUT2D eigenvalue weighted by Crippen LogP contribution is 2.16. The summed E-state index contributed by atoms with van der Waals surface area (Å²) >= 11 is 0. The molecule has 2 heteroatoms. The van der Waals surface area contributed by atoms with E-state index >= 15 is 0 Å². The van der Waals surface area contributed by atoms with E-state index in [1.54, 1.807) is 0 Å². The molecule has 1 aromatic carbocycles. The van der Waals surface area contributed by atoms with Crippen LogP contribution in [-0.4, -0.2) is 7.11 Å². The zero-order chi connectivity index (χ0) is 7.56. The van der Waals surface area contributed by atoms with E-state index in [1.807, 2.05) is 0 Å². The highest BCUT2D eigenvalue weighted by Gasteiger charge is 1.97. The SMILES string of the molecule is [CH]c1cc(F)ccc1OC. The van der Waals surface area contributed by atoms with E-state index in [-0.39, 0.29) is 5.82 Å². The van der Waals surface area contributed by atoms with Crippen LogP contribution < -0.4 is 4.74 Å². The molecule has 0 unspecified atom stereocenters. The van der Waals surface area contributed by atoms with E-state index in [2.05, 4.69) is 0 Å². The van der Waals surface area contributed by atoms with Crippen LogP contribution in [0.1, 0.15) is 5.56 Å². The minimum atomic E-state index is -0.349. The predicted octanol–water partition coefficient (Wildman–Crippen LogP) is 1.89. The first kappa shape index (κ1) is 7.06. The summed E-state index contributed by atoms with van der Waals surface area (Å²) in [5.74, 6) is 0.153. The molecule has 0 aromatic heterocycles. The number of halogens is 1. The largest absolute Gasteiger partial charge is 0.496 e. The van der Waals surface area contributed by atoms with Crippen LogP contribution in [0, 0.1) is 12.7 Å². The molecule has 52 valence electrons. The lowest BCUT2D eigenvalue weighted by atomic mass is 10.2. The van der Waals surface area contributed by atoms with Gasteiger partial charge >= 0.3 is 0 Å². The number of benzene rings is 1. The Morgan fingerprint density at radius 2 is 2.20 bits per heavy atom. The summed E-state index contributed by atoms with van der Waals surface area (Å²) in [6.45, 7) is 5.37. The van der Waals surface area contributed by atoms with Crippen molar-refractivity contribution in [2.45, 2.75) is 0 Å². The fourth-order valence-corrected chi connectivity index (χ4v) is 0.705. The third kappa shape index (κ3) is 1.26. The lowest BCUT2D eigenvalue weighted by molar-refractivity contribution is 0.412. The Hall–Kier alpha value is -1.05. The van der Waals surface area contributed by atoms with Crippen LogP contribution >= 0.6 is 0 Å². The molecule has 1 aromatic rings. The lowest BCUT2D eigenvalue weighted by Crippen LogP contribution is -1.86. The topological polar surface area (TPSA) is 9.23 Å². The Morgan fingerprint density at radius 1 is 1.50 bits per heavy atom. The Bertz CT molecular complexity index is 233. The fraction of sp³-hybridized carbons (Fsp3) is 0.125. The van der Waals surface area contributed by atoms with Crippen molar-refractivity contribution in [2.24, 2.45) is 0 Å². The lowest BCUT2D eigenvalue weighted by Gasteiger charge is -2.01. The second-order valence-electron chi connectivity index (χ2n) is 1.89. The number of hydrogen-bond acceptors (Lipinski definition) is 1.